The Morgan fingerprint density at radius 1 is 1.28 bits per heavy atom. The van der Waals surface area contributed by atoms with Crippen LogP contribution in [0.3, 0.4) is 0 Å². The Balaban J connectivity index is 2.06. The highest BCUT2D eigenvalue weighted by Gasteiger charge is 2.41. The van der Waals surface area contributed by atoms with Crippen LogP contribution in [0.1, 0.15) is 39.2 Å². The summed E-state index contributed by atoms with van der Waals surface area (Å²) in [7, 11) is 0. The lowest BCUT2D eigenvalue weighted by molar-refractivity contribution is 0.290. The monoisotopic (exact) mass is 263 g/mol. The highest BCUT2D eigenvalue weighted by Crippen LogP contribution is 2.44. The average Bonchev–Trinajstić information content (AvgIpc) is 2.60. The number of aryl methyl sites for hydroxylation is 1. The Morgan fingerprint density at radius 2 is 1.94 bits per heavy atom. The zero-order chi connectivity index (χ0) is 13.2. The van der Waals surface area contributed by atoms with E-state index in [9.17, 15) is 0 Å². The Bertz CT molecular complexity index is 383. The molecule has 1 aromatic carbocycles. The average molecular weight is 263 g/mol. The van der Waals surface area contributed by atoms with Gasteiger partial charge in [-0.1, -0.05) is 38.5 Å². The molecule has 1 aromatic rings. The van der Waals surface area contributed by atoms with Gasteiger partial charge < -0.3 is 5.32 Å². The van der Waals surface area contributed by atoms with Crippen LogP contribution in [-0.2, 0) is 0 Å². The summed E-state index contributed by atoms with van der Waals surface area (Å²) in [6.45, 7) is 10.2. The number of benzene rings is 1. The van der Waals surface area contributed by atoms with Crippen molar-refractivity contribution in [1.29, 1.82) is 0 Å². The van der Waals surface area contributed by atoms with Gasteiger partial charge in [-0.3, -0.25) is 0 Å². The Labute approximate surface area is 116 Å². The molecule has 1 aliphatic carbocycles. The van der Waals surface area contributed by atoms with Gasteiger partial charge in [0.2, 0.25) is 0 Å². The minimum atomic E-state index is 0.429. The topological polar surface area (TPSA) is 12.0 Å². The molecule has 0 radical (unpaired) electrons. The molecular weight excluding hydrogens is 238 g/mol. The van der Waals surface area contributed by atoms with Crippen molar-refractivity contribution in [3.63, 3.8) is 0 Å². The first-order valence-electron chi connectivity index (χ1n) is 6.99. The summed E-state index contributed by atoms with van der Waals surface area (Å²) in [6, 6.07) is 9.58. The maximum atomic E-state index is 3.70. The van der Waals surface area contributed by atoms with Gasteiger partial charge in [0.05, 0.1) is 0 Å². The molecule has 0 aromatic heterocycles. The van der Waals surface area contributed by atoms with Crippen molar-refractivity contribution in [2.24, 2.45) is 5.41 Å². The van der Waals surface area contributed by atoms with Gasteiger partial charge in [-0.05, 0) is 43.9 Å². The summed E-state index contributed by atoms with van der Waals surface area (Å²) in [5.41, 5.74) is 1.77. The normalized spacial score (nSPS) is 26.4. The van der Waals surface area contributed by atoms with Gasteiger partial charge in [0, 0.05) is 16.2 Å². The lowest BCUT2D eigenvalue weighted by Crippen LogP contribution is -2.43. The van der Waals surface area contributed by atoms with Crippen molar-refractivity contribution in [3.8, 4) is 0 Å². The van der Waals surface area contributed by atoms with Gasteiger partial charge >= 0.3 is 0 Å². The predicted molar refractivity (Wildman–Crippen MR) is 81.3 cm³/mol. The standard InChI is InChI=1S/C16H25NS/c1-5-17-15-14(10-11-16(15,3)4)18-13-8-6-12(2)7-9-13/h6-9,14-15,17H,5,10-11H2,1-4H3. The second-order valence-electron chi connectivity index (χ2n) is 6.03. The molecule has 1 saturated carbocycles. The van der Waals surface area contributed by atoms with Crippen molar-refractivity contribution in [3.05, 3.63) is 29.8 Å². The van der Waals surface area contributed by atoms with E-state index in [1.807, 2.05) is 11.8 Å². The number of thioether (sulfide) groups is 1. The molecule has 2 rings (SSSR count). The Morgan fingerprint density at radius 3 is 2.56 bits per heavy atom. The fourth-order valence-electron chi connectivity index (χ4n) is 2.89. The second-order valence-corrected chi connectivity index (χ2v) is 7.34. The fourth-order valence-corrected chi connectivity index (χ4v) is 4.37. The van der Waals surface area contributed by atoms with Crippen LogP contribution in [0.2, 0.25) is 0 Å². The summed E-state index contributed by atoms with van der Waals surface area (Å²) in [6.07, 6.45) is 2.65. The van der Waals surface area contributed by atoms with Crippen LogP contribution in [0, 0.1) is 12.3 Å². The van der Waals surface area contributed by atoms with Crippen molar-refractivity contribution in [2.45, 2.75) is 56.7 Å². The van der Waals surface area contributed by atoms with E-state index in [1.54, 1.807) is 0 Å². The molecule has 0 bridgehead atoms. The summed E-state index contributed by atoms with van der Waals surface area (Å²) in [5.74, 6) is 0. The first-order chi connectivity index (χ1) is 8.53. The van der Waals surface area contributed by atoms with E-state index in [0.29, 0.717) is 16.7 Å². The molecule has 1 aliphatic rings. The van der Waals surface area contributed by atoms with Crippen LogP contribution < -0.4 is 5.32 Å². The summed E-state index contributed by atoms with van der Waals surface area (Å²) >= 11 is 2.05. The van der Waals surface area contributed by atoms with E-state index in [4.69, 9.17) is 0 Å². The summed E-state index contributed by atoms with van der Waals surface area (Å²) in [5, 5.41) is 4.41. The third kappa shape index (κ3) is 3.10. The molecule has 18 heavy (non-hydrogen) atoms. The number of nitrogens with one attached hydrogen (secondary N) is 1. The van der Waals surface area contributed by atoms with Crippen molar-refractivity contribution in [1.82, 2.24) is 5.32 Å². The molecule has 1 nitrogen and oxygen atoms in total. The van der Waals surface area contributed by atoms with Gasteiger partial charge in [0.1, 0.15) is 0 Å². The highest BCUT2D eigenvalue weighted by atomic mass is 32.2. The van der Waals surface area contributed by atoms with Crippen LogP contribution in [0.25, 0.3) is 0 Å². The first-order valence-corrected chi connectivity index (χ1v) is 7.87. The van der Waals surface area contributed by atoms with Crippen LogP contribution in [0.4, 0.5) is 0 Å². The molecule has 0 saturated heterocycles. The van der Waals surface area contributed by atoms with Gasteiger partial charge in [0.15, 0.2) is 0 Å². The summed E-state index contributed by atoms with van der Waals surface area (Å²) in [4.78, 5) is 1.41. The smallest absolute Gasteiger partial charge is 0.0253 e. The quantitative estimate of drug-likeness (QED) is 0.871. The Hall–Kier alpha value is -0.470. The van der Waals surface area contributed by atoms with E-state index in [0.717, 1.165) is 6.54 Å². The highest BCUT2D eigenvalue weighted by molar-refractivity contribution is 8.00. The van der Waals surface area contributed by atoms with E-state index in [1.165, 1.54) is 23.3 Å². The lowest BCUT2D eigenvalue weighted by atomic mass is 9.87. The molecule has 2 atom stereocenters. The molecule has 2 heteroatoms. The first kappa shape index (κ1) is 14.0. The van der Waals surface area contributed by atoms with E-state index >= 15 is 0 Å². The van der Waals surface area contributed by atoms with E-state index in [2.05, 4.69) is 57.3 Å². The van der Waals surface area contributed by atoms with Gasteiger partial charge in [0.25, 0.3) is 0 Å². The summed E-state index contributed by atoms with van der Waals surface area (Å²) < 4.78 is 0. The molecule has 1 fully saturated rings. The predicted octanol–water partition coefficient (Wildman–Crippen LogP) is 4.25. The molecule has 0 amide bonds. The van der Waals surface area contributed by atoms with E-state index < -0.39 is 0 Å². The molecule has 0 heterocycles. The number of rotatable bonds is 4. The van der Waals surface area contributed by atoms with Crippen LogP contribution in [-0.4, -0.2) is 17.8 Å². The van der Waals surface area contributed by atoms with Crippen molar-refractivity contribution < 1.29 is 0 Å². The van der Waals surface area contributed by atoms with Crippen LogP contribution in [0.5, 0.6) is 0 Å². The molecule has 0 aliphatic heterocycles. The molecular formula is C16H25NS. The molecule has 100 valence electrons. The molecule has 2 unspecified atom stereocenters. The fraction of sp³-hybridized carbons (Fsp3) is 0.625. The Kier molecular flexibility index (Phi) is 4.39. The zero-order valence-electron chi connectivity index (χ0n) is 12.0. The number of hydrogen-bond donors (Lipinski definition) is 1. The second kappa shape index (κ2) is 5.66. The van der Waals surface area contributed by atoms with Gasteiger partial charge in [-0.2, -0.15) is 0 Å². The maximum absolute atomic E-state index is 3.70. The molecule has 1 N–H and O–H groups in total. The van der Waals surface area contributed by atoms with Gasteiger partial charge in [-0.15, -0.1) is 11.8 Å². The third-order valence-electron chi connectivity index (χ3n) is 4.02. The van der Waals surface area contributed by atoms with Crippen molar-refractivity contribution >= 4 is 11.8 Å². The lowest BCUT2D eigenvalue weighted by Gasteiger charge is -2.31. The number of hydrogen-bond acceptors (Lipinski definition) is 2. The van der Waals surface area contributed by atoms with Crippen molar-refractivity contribution in [2.75, 3.05) is 6.54 Å². The maximum Gasteiger partial charge on any atom is 0.0253 e. The van der Waals surface area contributed by atoms with Crippen LogP contribution in [0.15, 0.2) is 29.2 Å². The van der Waals surface area contributed by atoms with Gasteiger partial charge in [-0.25, -0.2) is 0 Å². The largest absolute Gasteiger partial charge is 0.313 e. The minimum Gasteiger partial charge on any atom is -0.313 e. The zero-order valence-corrected chi connectivity index (χ0v) is 12.8. The molecule has 0 spiro atoms. The van der Waals surface area contributed by atoms with E-state index in [-0.39, 0.29) is 0 Å². The minimum absolute atomic E-state index is 0.429. The SMILES string of the molecule is CCNC1C(Sc2ccc(C)cc2)CCC1(C)C. The third-order valence-corrected chi connectivity index (χ3v) is 5.37. The van der Waals surface area contributed by atoms with Crippen LogP contribution >= 0.6 is 11.8 Å².